The van der Waals surface area contributed by atoms with Gasteiger partial charge in [0.2, 0.25) is 5.91 Å². The van der Waals surface area contributed by atoms with Crippen LogP contribution in [0.4, 0.5) is 10.1 Å². The first kappa shape index (κ1) is 17.4. The first-order valence-corrected chi connectivity index (χ1v) is 7.04. The number of carbonyl (C=O) groups excluding carboxylic acids is 1. The van der Waals surface area contributed by atoms with E-state index in [0.29, 0.717) is 26.2 Å². The topological polar surface area (TPSA) is 53.6 Å². The first-order chi connectivity index (χ1) is 10.1. The fourth-order valence-corrected chi connectivity index (χ4v) is 2.02. The van der Waals surface area contributed by atoms with Gasteiger partial charge in [0, 0.05) is 39.5 Å². The van der Waals surface area contributed by atoms with Gasteiger partial charge in [0.15, 0.2) is 0 Å². The van der Waals surface area contributed by atoms with Crippen LogP contribution >= 0.6 is 0 Å². The van der Waals surface area contributed by atoms with Gasteiger partial charge >= 0.3 is 0 Å². The maximum Gasteiger partial charge on any atom is 0.239 e. The van der Waals surface area contributed by atoms with E-state index in [2.05, 4.69) is 10.6 Å². The third kappa shape index (κ3) is 6.10. The number of nitrogens with zero attached hydrogens (tertiary/aromatic N) is 1. The zero-order chi connectivity index (χ0) is 15.7. The van der Waals surface area contributed by atoms with Gasteiger partial charge in [0.1, 0.15) is 5.82 Å². The largest absolute Gasteiger partial charge is 0.383 e. The average Bonchev–Trinajstić information content (AvgIpc) is 2.43. The summed E-state index contributed by atoms with van der Waals surface area (Å²) in [5, 5.41) is 5.93. The summed E-state index contributed by atoms with van der Waals surface area (Å²) in [6.45, 7) is 4.52. The van der Waals surface area contributed by atoms with E-state index in [-0.39, 0.29) is 18.3 Å². The van der Waals surface area contributed by atoms with Crippen LogP contribution in [0, 0.1) is 5.82 Å². The molecule has 0 saturated heterocycles. The van der Waals surface area contributed by atoms with Crippen molar-refractivity contribution in [2.45, 2.75) is 13.5 Å². The second-order valence-corrected chi connectivity index (χ2v) is 4.75. The van der Waals surface area contributed by atoms with Gasteiger partial charge in [-0.1, -0.05) is 0 Å². The van der Waals surface area contributed by atoms with E-state index in [9.17, 15) is 9.18 Å². The molecule has 2 N–H and O–H groups in total. The van der Waals surface area contributed by atoms with Gasteiger partial charge in [-0.25, -0.2) is 4.39 Å². The van der Waals surface area contributed by atoms with E-state index in [1.807, 2.05) is 18.9 Å². The molecule has 0 bridgehead atoms. The lowest BCUT2D eigenvalue weighted by Crippen LogP contribution is -2.35. The Morgan fingerprint density at radius 2 is 2.19 bits per heavy atom. The highest BCUT2D eigenvalue weighted by atomic mass is 19.1. The number of nitrogens with one attached hydrogen (secondary N) is 2. The van der Waals surface area contributed by atoms with Crippen molar-refractivity contribution in [3.05, 3.63) is 29.6 Å². The van der Waals surface area contributed by atoms with Crippen molar-refractivity contribution < 1.29 is 13.9 Å². The lowest BCUT2D eigenvalue weighted by atomic mass is 10.1. The van der Waals surface area contributed by atoms with Crippen molar-refractivity contribution in [1.29, 1.82) is 0 Å². The number of rotatable bonds is 9. The molecule has 0 unspecified atom stereocenters. The maximum atomic E-state index is 13.4. The van der Waals surface area contributed by atoms with Crippen LogP contribution in [0.1, 0.15) is 12.5 Å². The predicted molar refractivity (Wildman–Crippen MR) is 81.9 cm³/mol. The Labute approximate surface area is 125 Å². The monoisotopic (exact) mass is 297 g/mol. The number of ether oxygens (including phenoxy) is 1. The Hall–Kier alpha value is -1.66. The fraction of sp³-hybridized carbons (Fsp3) is 0.533. The van der Waals surface area contributed by atoms with Crippen LogP contribution in [0.15, 0.2) is 18.2 Å². The van der Waals surface area contributed by atoms with Crippen LogP contribution in [0.2, 0.25) is 0 Å². The number of anilines is 1. The number of hydrogen-bond acceptors (Lipinski definition) is 4. The van der Waals surface area contributed by atoms with Gasteiger partial charge in [-0.2, -0.15) is 0 Å². The van der Waals surface area contributed by atoms with Gasteiger partial charge in [0.25, 0.3) is 0 Å². The maximum absolute atomic E-state index is 13.4. The number of likely N-dealkylation sites (N-methyl/N-ethyl adjacent to an activating group) is 2. The highest BCUT2D eigenvalue weighted by molar-refractivity contribution is 5.81. The molecule has 6 heteroatoms. The molecule has 5 nitrogen and oxygen atoms in total. The summed E-state index contributed by atoms with van der Waals surface area (Å²) in [4.78, 5) is 13.5. The molecule has 1 rings (SSSR count). The zero-order valence-corrected chi connectivity index (χ0v) is 12.9. The Kier molecular flexibility index (Phi) is 7.71. The molecule has 1 aromatic rings. The molecule has 0 aliphatic rings. The minimum Gasteiger partial charge on any atom is -0.383 e. The first-order valence-electron chi connectivity index (χ1n) is 7.04. The van der Waals surface area contributed by atoms with Crippen molar-refractivity contribution in [3.63, 3.8) is 0 Å². The Bertz CT molecular complexity index is 455. The summed E-state index contributed by atoms with van der Waals surface area (Å²) in [5.74, 6) is -0.337. The zero-order valence-electron chi connectivity index (χ0n) is 12.9. The standard InChI is InChI=1S/C15H24FN3O2/c1-4-18-15(20)11-19(2)14-6-5-13(16)9-12(14)10-17-7-8-21-3/h5-6,9,17H,4,7-8,10-11H2,1-3H3,(H,18,20). The molecule has 0 aliphatic carbocycles. The Morgan fingerprint density at radius 3 is 2.86 bits per heavy atom. The van der Waals surface area contributed by atoms with E-state index in [1.54, 1.807) is 13.2 Å². The summed E-state index contributed by atoms with van der Waals surface area (Å²) >= 11 is 0. The van der Waals surface area contributed by atoms with Gasteiger partial charge in [-0.3, -0.25) is 4.79 Å². The lowest BCUT2D eigenvalue weighted by Gasteiger charge is -2.22. The van der Waals surface area contributed by atoms with Crippen molar-refractivity contribution in [2.75, 3.05) is 45.3 Å². The molecule has 0 aliphatic heterocycles. The summed E-state index contributed by atoms with van der Waals surface area (Å²) in [6.07, 6.45) is 0. The molecule has 0 aromatic heterocycles. The highest BCUT2D eigenvalue weighted by Crippen LogP contribution is 2.20. The number of methoxy groups -OCH3 is 1. The van der Waals surface area contributed by atoms with Crippen LogP contribution in [-0.4, -0.2) is 46.3 Å². The normalized spacial score (nSPS) is 10.5. The second kappa shape index (κ2) is 9.31. The molecule has 0 atom stereocenters. The Morgan fingerprint density at radius 1 is 1.43 bits per heavy atom. The van der Waals surface area contributed by atoms with E-state index in [4.69, 9.17) is 4.74 Å². The van der Waals surface area contributed by atoms with E-state index in [0.717, 1.165) is 11.3 Å². The summed E-state index contributed by atoms with van der Waals surface area (Å²) in [6, 6.07) is 4.59. The molecule has 0 radical (unpaired) electrons. The van der Waals surface area contributed by atoms with Gasteiger partial charge in [-0.05, 0) is 30.7 Å². The quantitative estimate of drug-likeness (QED) is 0.671. The van der Waals surface area contributed by atoms with Gasteiger partial charge in [-0.15, -0.1) is 0 Å². The smallest absolute Gasteiger partial charge is 0.239 e. The van der Waals surface area contributed by atoms with Crippen molar-refractivity contribution in [3.8, 4) is 0 Å². The molecule has 1 amide bonds. The lowest BCUT2D eigenvalue weighted by molar-refractivity contribution is -0.119. The van der Waals surface area contributed by atoms with Crippen LogP contribution in [0.5, 0.6) is 0 Å². The molecule has 21 heavy (non-hydrogen) atoms. The SMILES string of the molecule is CCNC(=O)CN(C)c1ccc(F)cc1CNCCOC. The van der Waals surface area contributed by atoms with Crippen molar-refractivity contribution in [1.82, 2.24) is 10.6 Å². The second-order valence-electron chi connectivity index (χ2n) is 4.75. The third-order valence-electron chi connectivity index (χ3n) is 3.01. The molecular weight excluding hydrogens is 273 g/mol. The van der Waals surface area contributed by atoms with Crippen molar-refractivity contribution in [2.24, 2.45) is 0 Å². The van der Waals surface area contributed by atoms with E-state index >= 15 is 0 Å². The highest BCUT2D eigenvalue weighted by Gasteiger charge is 2.11. The molecule has 0 spiro atoms. The van der Waals surface area contributed by atoms with Crippen LogP contribution in [-0.2, 0) is 16.1 Å². The van der Waals surface area contributed by atoms with Crippen LogP contribution < -0.4 is 15.5 Å². The Balaban J connectivity index is 2.72. The number of carbonyl (C=O) groups is 1. The molecular formula is C15H24FN3O2. The molecule has 1 aromatic carbocycles. The van der Waals surface area contributed by atoms with Gasteiger partial charge in [0.05, 0.1) is 13.2 Å². The van der Waals surface area contributed by atoms with E-state index < -0.39 is 0 Å². The third-order valence-corrected chi connectivity index (χ3v) is 3.01. The molecule has 0 heterocycles. The number of halogens is 1. The number of benzene rings is 1. The van der Waals surface area contributed by atoms with Crippen LogP contribution in [0.25, 0.3) is 0 Å². The minimum absolute atomic E-state index is 0.0531. The minimum atomic E-state index is -0.284. The molecule has 0 fully saturated rings. The fourth-order valence-electron chi connectivity index (χ4n) is 2.02. The number of hydrogen-bond donors (Lipinski definition) is 2. The summed E-state index contributed by atoms with van der Waals surface area (Å²) in [7, 11) is 3.45. The number of amides is 1. The summed E-state index contributed by atoms with van der Waals surface area (Å²) in [5.41, 5.74) is 1.66. The molecule has 118 valence electrons. The van der Waals surface area contributed by atoms with E-state index in [1.165, 1.54) is 12.1 Å². The summed E-state index contributed by atoms with van der Waals surface area (Å²) < 4.78 is 18.4. The predicted octanol–water partition coefficient (Wildman–Crippen LogP) is 1.13. The van der Waals surface area contributed by atoms with Gasteiger partial charge < -0.3 is 20.3 Å². The molecule has 0 saturated carbocycles. The van der Waals surface area contributed by atoms with Crippen molar-refractivity contribution >= 4 is 11.6 Å². The average molecular weight is 297 g/mol. The van der Waals surface area contributed by atoms with Crippen LogP contribution in [0.3, 0.4) is 0 Å².